The number of thiophene rings is 1. The monoisotopic (exact) mass is 478 g/mol. The van der Waals surface area contributed by atoms with Crippen molar-refractivity contribution in [3.63, 3.8) is 0 Å². The van der Waals surface area contributed by atoms with Gasteiger partial charge in [0.25, 0.3) is 0 Å². The molecule has 0 saturated carbocycles. The summed E-state index contributed by atoms with van der Waals surface area (Å²) in [6.45, 7) is -0.0355. The number of hydrogen-bond donors (Lipinski definition) is 2. The maximum absolute atomic E-state index is 13.0. The molecular formula is C21H17F3N4O2S2. The van der Waals surface area contributed by atoms with E-state index in [0.717, 1.165) is 12.1 Å². The highest BCUT2D eigenvalue weighted by Gasteiger charge is 2.30. The van der Waals surface area contributed by atoms with Crippen molar-refractivity contribution in [3.05, 3.63) is 82.3 Å². The minimum absolute atomic E-state index is 0.102. The fourth-order valence-corrected chi connectivity index (χ4v) is 5.04. The first kappa shape index (κ1) is 22.2. The average Bonchev–Trinajstić information content (AvgIpc) is 3.32. The fraction of sp³-hybridized carbons (Fsp3) is 0.143. The van der Waals surface area contributed by atoms with E-state index in [-0.39, 0.29) is 23.8 Å². The molecule has 32 heavy (non-hydrogen) atoms. The third-order valence-electron chi connectivity index (χ3n) is 4.59. The Morgan fingerprint density at radius 3 is 2.53 bits per heavy atom. The van der Waals surface area contributed by atoms with Crippen LogP contribution in [0.5, 0.6) is 0 Å². The van der Waals surface area contributed by atoms with Gasteiger partial charge in [-0.2, -0.15) is 24.5 Å². The molecule has 0 bridgehead atoms. The predicted molar refractivity (Wildman–Crippen MR) is 117 cm³/mol. The van der Waals surface area contributed by atoms with Crippen LogP contribution in [0.1, 0.15) is 17.0 Å². The Hall–Kier alpha value is -3.02. The SMILES string of the molecule is O=S(=O)(NCc1nc(NCc2cccc(C(F)(F)F)c2)c2ccccc2n1)c1ccsc1. The van der Waals surface area contributed by atoms with E-state index in [9.17, 15) is 21.6 Å². The van der Waals surface area contributed by atoms with Gasteiger partial charge in [0.15, 0.2) is 0 Å². The molecule has 0 amide bonds. The summed E-state index contributed by atoms with van der Waals surface area (Å²) in [5, 5.41) is 6.91. The number of sulfonamides is 1. The van der Waals surface area contributed by atoms with Crippen molar-refractivity contribution in [2.75, 3.05) is 5.32 Å². The minimum atomic E-state index is -4.43. The molecule has 4 aromatic rings. The van der Waals surface area contributed by atoms with Crippen LogP contribution in [0.4, 0.5) is 19.0 Å². The molecule has 6 nitrogen and oxygen atoms in total. The summed E-state index contributed by atoms with van der Waals surface area (Å²) in [5.74, 6) is 0.631. The van der Waals surface area contributed by atoms with Crippen LogP contribution >= 0.6 is 11.3 Å². The van der Waals surface area contributed by atoms with Gasteiger partial charge in [0.05, 0.1) is 22.5 Å². The van der Waals surface area contributed by atoms with Gasteiger partial charge in [-0.25, -0.2) is 23.1 Å². The topological polar surface area (TPSA) is 84.0 Å². The lowest BCUT2D eigenvalue weighted by atomic mass is 10.1. The van der Waals surface area contributed by atoms with Gasteiger partial charge in [-0.1, -0.05) is 24.3 Å². The molecule has 2 heterocycles. The summed E-state index contributed by atoms with van der Waals surface area (Å²) in [6.07, 6.45) is -4.43. The molecule has 0 radical (unpaired) electrons. The first-order valence-electron chi connectivity index (χ1n) is 9.40. The summed E-state index contributed by atoms with van der Waals surface area (Å²) in [5.41, 5.74) is 0.286. The summed E-state index contributed by atoms with van der Waals surface area (Å²) >= 11 is 1.27. The van der Waals surface area contributed by atoms with E-state index in [0.29, 0.717) is 22.3 Å². The van der Waals surface area contributed by atoms with Crippen LogP contribution in [0, 0.1) is 0 Å². The third-order valence-corrected chi connectivity index (χ3v) is 6.82. The van der Waals surface area contributed by atoms with Gasteiger partial charge >= 0.3 is 6.18 Å². The van der Waals surface area contributed by atoms with E-state index in [1.165, 1.54) is 28.8 Å². The van der Waals surface area contributed by atoms with Gasteiger partial charge in [0.1, 0.15) is 11.6 Å². The van der Waals surface area contributed by atoms with Crippen LogP contribution in [0.15, 0.2) is 70.3 Å². The van der Waals surface area contributed by atoms with Crippen LogP contribution in [0.25, 0.3) is 10.9 Å². The Balaban J connectivity index is 1.57. The number of benzene rings is 2. The molecule has 0 aliphatic heterocycles. The Bertz CT molecular complexity index is 1340. The molecule has 0 aliphatic rings. The fourth-order valence-electron chi connectivity index (χ4n) is 3.03. The number of para-hydroxylation sites is 1. The second kappa shape index (κ2) is 8.85. The van der Waals surface area contributed by atoms with Gasteiger partial charge < -0.3 is 5.32 Å². The smallest absolute Gasteiger partial charge is 0.365 e. The lowest BCUT2D eigenvalue weighted by Crippen LogP contribution is -2.24. The normalized spacial score (nSPS) is 12.2. The molecule has 0 fully saturated rings. The number of hydrogen-bond acceptors (Lipinski definition) is 6. The van der Waals surface area contributed by atoms with Crippen molar-refractivity contribution in [2.45, 2.75) is 24.2 Å². The highest BCUT2D eigenvalue weighted by molar-refractivity contribution is 7.89. The molecule has 0 saturated heterocycles. The summed E-state index contributed by atoms with van der Waals surface area (Å²) in [4.78, 5) is 8.96. The molecule has 4 rings (SSSR count). The highest BCUT2D eigenvalue weighted by atomic mass is 32.2. The van der Waals surface area contributed by atoms with Crippen LogP contribution in [-0.4, -0.2) is 18.4 Å². The van der Waals surface area contributed by atoms with Crippen molar-refractivity contribution >= 4 is 38.1 Å². The van der Waals surface area contributed by atoms with E-state index in [1.54, 1.807) is 35.7 Å². The number of anilines is 1. The van der Waals surface area contributed by atoms with Crippen molar-refractivity contribution in [1.82, 2.24) is 14.7 Å². The molecule has 0 spiro atoms. The molecule has 0 atom stereocenters. The molecule has 0 unspecified atom stereocenters. The molecular weight excluding hydrogens is 461 g/mol. The minimum Gasteiger partial charge on any atom is -0.365 e. The number of aromatic nitrogens is 2. The third kappa shape index (κ3) is 5.06. The van der Waals surface area contributed by atoms with Gasteiger partial charge in [-0.15, -0.1) is 0 Å². The Morgan fingerprint density at radius 2 is 1.78 bits per heavy atom. The number of fused-ring (bicyclic) bond motifs is 1. The molecule has 2 aromatic carbocycles. The van der Waals surface area contributed by atoms with Crippen LogP contribution in [0.3, 0.4) is 0 Å². The summed E-state index contributed by atoms with van der Waals surface area (Å²) in [6, 6.07) is 13.6. The van der Waals surface area contributed by atoms with E-state index in [2.05, 4.69) is 20.0 Å². The zero-order chi connectivity index (χ0) is 22.8. The first-order valence-corrected chi connectivity index (χ1v) is 11.8. The molecule has 0 aliphatic carbocycles. The molecule has 166 valence electrons. The average molecular weight is 479 g/mol. The maximum atomic E-state index is 13.0. The standard InChI is InChI=1S/C21H17F3N4O2S2/c22-21(23,24)15-5-3-4-14(10-15)11-25-20-17-6-1-2-7-18(17)27-19(28-20)12-26-32(29,30)16-8-9-31-13-16/h1-10,13,26H,11-12H2,(H,25,27,28). The lowest BCUT2D eigenvalue weighted by molar-refractivity contribution is -0.137. The number of nitrogens with zero attached hydrogens (tertiary/aromatic N) is 2. The second-order valence-electron chi connectivity index (χ2n) is 6.84. The Morgan fingerprint density at radius 1 is 0.969 bits per heavy atom. The molecule has 2 aromatic heterocycles. The van der Waals surface area contributed by atoms with E-state index >= 15 is 0 Å². The van der Waals surface area contributed by atoms with Crippen molar-refractivity contribution in [1.29, 1.82) is 0 Å². The quantitative estimate of drug-likeness (QED) is 0.399. The van der Waals surface area contributed by atoms with Crippen molar-refractivity contribution in [3.8, 4) is 0 Å². The van der Waals surface area contributed by atoms with E-state index in [1.807, 2.05) is 0 Å². The number of alkyl halides is 3. The summed E-state index contributed by atoms with van der Waals surface area (Å²) < 4.78 is 66.1. The summed E-state index contributed by atoms with van der Waals surface area (Å²) in [7, 11) is -3.70. The van der Waals surface area contributed by atoms with Crippen LogP contribution in [-0.2, 0) is 29.3 Å². The van der Waals surface area contributed by atoms with Crippen molar-refractivity contribution in [2.24, 2.45) is 0 Å². The maximum Gasteiger partial charge on any atom is 0.416 e. The zero-order valence-electron chi connectivity index (χ0n) is 16.4. The number of rotatable bonds is 7. The number of halogens is 3. The largest absolute Gasteiger partial charge is 0.416 e. The van der Waals surface area contributed by atoms with E-state index in [4.69, 9.17) is 0 Å². The highest BCUT2D eigenvalue weighted by Crippen LogP contribution is 2.30. The van der Waals surface area contributed by atoms with Gasteiger partial charge in [-0.3, -0.25) is 0 Å². The zero-order valence-corrected chi connectivity index (χ0v) is 18.1. The van der Waals surface area contributed by atoms with E-state index < -0.39 is 21.8 Å². The molecule has 11 heteroatoms. The first-order chi connectivity index (χ1) is 15.2. The Kier molecular flexibility index (Phi) is 6.13. The predicted octanol–water partition coefficient (Wildman–Crippen LogP) is 4.80. The van der Waals surface area contributed by atoms with Gasteiger partial charge in [0, 0.05) is 17.3 Å². The van der Waals surface area contributed by atoms with Gasteiger partial charge in [-0.05, 0) is 41.3 Å². The van der Waals surface area contributed by atoms with Crippen LogP contribution in [0.2, 0.25) is 0 Å². The lowest BCUT2D eigenvalue weighted by Gasteiger charge is -2.13. The second-order valence-corrected chi connectivity index (χ2v) is 9.39. The van der Waals surface area contributed by atoms with Gasteiger partial charge in [0.2, 0.25) is 10.0 Å². The molecule has 2 N–H and O–H groups in total. The number of nitrogens with one attached hydrogen (secondary N) is 2. The Labute approximate surface area is 186 Å². The van der Waals surface area contributed by atoms with Crippen molar-refractivity contribution < 1.29 is 21.6 Å². The van der Waals surface area contributed by atoms with Crippen LogP contribution < -0.4 is 10.0 Å².